The summed E-state index contributed by atoms with van der Waals surface area (Å²) < 4.78 is 75.8. The van der Waals surface area contributed by atoms with Crippen molar-refractivity contribution in [1.82, 2.24) is 19.5 Å². The molecule has 1 saturated heterocycles. The molecule has 0 radical (unpaired) electrons. The first-order valence-corrected chi connectivity index (χ1v) is 15.7. The Bertz CT molecular complexity index is 1300. The van der Waals surface area contributed by atoms with Gasteiger partial charge in [0.2, 0.25) is 0 Å². The smallest absolute Gasteiger partial charge is 0.387 e. The van der Waals surface area contributed by atoms with Crippen molar-refractivity contribution in [3.8, 4) is 0 Å². The predicted molar refractivity (Wildman–Crippen MR) is 120 cm³/mol. The standard InChI is InChI=1S/C14H22F2N5O12P3S/c1-2-3-37-13-19-10(17)7-11(20-13)21(5-18-7)12-9(23)8(22)6(32-12)4-31-36(29,30)33-35(27,28)14(15,16)34(24,25)26/h5-6,8-9,12,22-23H,2-4H2,1H3,(H,27,28)(H,29,30)(H2,17,19,20)(H2,24,25,26)/t6-,8-,9+,12-/m1/s1. The fourth-order valence-electron chi connectivity index (χ4n) is 3.00. The third-order valence-electron chi connectivity index (χ3n) is 4.78. The summed E-state index contributed by atoms with van der Waals surface area (Å²) in [6, 6.07) is 0. The lowest BCUT2D eigenvalue weighted by Gasteiger charge is -2.24. The molecule has 0 saturated carbocycles. The van der Waals surface area contributed by atoms with Gasteiger partial charge in [0.1, 0.15) is 23.8 Å². The van der Waals surface area contributed by atoms with E-state index in [0.29, 0.717) is 10.9 Å². The molecule has 17 nitrogen and oxygen atoms in total. The molecule has 37 heavy (non-hydrogen) atoms. The van der Waals surface area contributed by atoms with E-state index in [1.54, 1.807) is 0 Å². The van der Waals surface area contributed by atoms with Crippen LogP contribution < -0.4 is 5.73 Å². The van der Waals surface area contributed by atoms with Gasteiger partial charge < -0.3 is 40.3 Å². The van der Waals surface area contributed by atoms with Crippen LogP contribution >= 0.6 is 34.8 Å². The molecule has 8 N–H and O–H groups in total. The number of phosphoric ester groups is 1. The minimum atomic E-state index is -6.75. The fourth-order valence-corrected chi connectivity index (χ4v) is 7.39. The zero-order valence-electron chi connectivity index (χ0n) is 18.5. The average molecular weight is 615 g/mol. The van der Waals surface area contributed by atoms with Crippen molar-refractivity contribution in [3.05, 3.63) is 6.33 Å². The van der Waals surface area contributed by atoms with Gasteiger partial charge in [-0.25, -0.2) is 23.8 Å². The molecule has 0 spiro atoms. The Morgan fingerprint density at radius 1 is 1.19 bits per heavy atom. The van der Waals surface area contributed by atoms with E-state index in [1.807, 2.05) is 6.92 Å². The Morgan fingerprint density at radius 3 is 2.43 bits per heavy atom. The van der Waals surface area contributed by atoms with Crippen molar-refractivity contribution in [1.29, 1.82) is 0 Å². The monoisotopic (exact) mass is 615 g/mol. The van der Waals surface area contributed by atoms with E-state index in [-0.39, 0.29) is 17.0 Å². The SMILES string of the molecule is CCCSc1nc(N)c2ncn([C@@H]3O[C@H](COP(=O)(O)OP(=O)(O)C(F)(F)P(=O)(O)O)[C@@H](O)[C@@H]3O)c2n1. The maximum absolute atomic E-state index is 13.5. The van der Waals surface area contributed by atoms with Gasteiger partial charge in [0.15, 0.2) is 22.8 Å². The molecule has 2 unspecified atom stereocenters. The van der Waals surface area contributed by atoms with Crippen LogP contribution in [0.5, 0.6) is 0 Å². The van der Waals surface area contributed by atoms with E-state index in [2.05, 4.69) is 23.8 Å². The first-order valence-electron chi connectivity index (χ1n) is 10.0. The van der Waals surface area contributed by atoms with Crippen molar-refractivity contribution >= 4 is 51.8 Å². The molecule has 1 fully saturated rings. The van der Waals surface area contributed by atoms with Crippen LogP contribution in [0.15, 0.2) is 11.5 Å². The number of thioether (sulfide) groups is 1. The molecule has 2 aromatic rings. The average Bonchev–Trinajstić information content (AvgIpc) is 3.31. The van der Waals surface area contributed by atoms with E-state index in [9.17, 15) is 42.5 Å². The van der Waals surface area contributed by atoms with Crippen molar-refractivity contribution in [2.24, 2.45) is 0 Å². The molecule has 0 bridgehead atoms. The van der Waals surface area contributed by atoms with E-state index < -0.39 is 59.6 Å². The number of halogens is 2. The Kier molecular flexibility index (Phi) is 8.89. The van der Waals surface area contributed by atoms with Crippen molar-refractivity contribution in [3.63, 3.8) is 0 Å². The summed E-state index contributed by atoms with van der Waals surface area (Å²) >= 11 is 1.29. The number of nitrogens with two attached hydrogens (primary N) is 1. The van der Waals surface area contributed by atoms with E-state index in [1.165, 1.54) is 22.7 Å². The highest BCUT2D eigenvalue weighted by Gasteiger charge is 2.67. The third-order valence-corrected chi connectivity index (χ3v) is 10.9. The predicted octanol–water partition coefficient (Wildman–Crippen LogP) is 0.577. The van der Waals surface area contributed by atoms with Gasteiger partial charge in [-0.15, -0.1) is 0 Å². The molecule has 1 aliphatic heterocycles. The van der Waals surface area contributed by atoms with Crippen molar-refractivity contribution in [2.75, 3.05) is 18.1 Å². The Labute approximate surface area is 210 Å². The number of anilines is 1. The number of fused-ring (bicyclic) bond motifs is 1. The molecule has 3 rings (SSSR count). The number of aliphatic hydroxyl groups excluding tert-OH is 2. The van der Waals surface area contributed by atoms with E-state index >= 15 is 0 Å². The fraction of sp³-hybridized carbons (Fsp3) is 0.643. The number of aromatic nitrogens is 4. The molecule has 3 heterocycles. The Hall–Kier alpha value is -1.11. The third kappa shape index (κ3) is 6.22. The number of alkyl halides is 2. The van der Waals surface area contributed by atoms with Crippen LogP contribution in [0.1, 0.15) is 19.6 Å². The zero-order valence-corrected chi connectivity index (χ0v) is 22.0. The van der Waals surface area contributed by atoms with Gasteiger partial charge >= 0.3 is 28.4 Å². The number of nitrogens with zero attached hydrogens (tertiary/aromatic N) is 4. The van der Waals surface area contributed by atoms with Crippen LogP contribution in [0.2, 0.25) is 0 Å². The maximum Gasteiger partial charge on any atom is 0.479 e. The zero-order chi connectivity index (χ0) is 28.0. The number of hydrogen-bond donors (Lipinski definition) is 7. The highest BCUT2D eigenvalue weighted by molar-refractivity contribution is 7.99. The van der Waals surface area contributed by atoms with Gasteiger partial charge in [0.25, 0.3) is 0 Å². The lowest BCUT2D eigenvalue weighted by Crippen LogP contribution is -2.33. The number of rotatable bonds is 11. The molecule has 0 aromatic carbocycles. The number of ether oxygens (including phenoxy) is 1. The molecular formula is C14H22F2N5O12P3S. The van der Waals surface area contributed by atoms with Gasteiger partial charge in [-0.05, 0) is 6.42 Å². The topological polar surface area (TPSA) is 270 Å². The number of nitrogen functional groups attached to an aromatic ring is 1. The van der Waals surface area contributed by atoms with Gasteiger partial charge in [-0.1, -0.05) is 18.7 Å². The van der Waals surface area contributed by atoms with Crippen LogP contribution in [0.4, 0.5) is 14.6 Å². The van der Waals surface area contributed by atoms with Gasteiger partial charge in [0, 0.05) is 5.75 Å². The second kappa shape index (κ2) is 10.8. The highest BCUT2D eigenvalue weighted by Crippen LogP contribution is 2.77. The van der Waals surface area contributed by atoms with Crippen molar-refractivity contribution < 1.29 is 65.8 Å². The first kappa shape index (κ1) is 30.4. The Balaban J connectivity index is 1.76. The molecule has 6 atom stereocenters. The number of hydrogen-bond acceptors (Lipinski definition) is 13. The van der Waals surface area contributed by atoms with Crippen LogP contribution in [0.3, 0.4) is 0 Å². The normalized spacial score (nSPS) is 26.3. The second-order valence-corrected chi connectivity index (χ2v) is 14.0. The molecule has 210 valence electrons. The van der Waals surface area contributed by atoms with Crippen LogP contribution in [0.25, 0.3) is 11.2 Å². The lowest BCUT2D eigenvalue weighted by molar-refractivity contribution is -0.0503. The summed E-state index contributed by atoms with van der Waals surface area (Å²) in [6.45, 7) is 0.773. The summed E-state index contributed by atoms with van der Waals surface area (Å²) in [5, 5.41) is 15.3. The highest BCUT2D eigenvalue weighted by atomic mass is 32.2. The molecule has 0 amide bonds. The van der Waals surface area contributed by atoms with Crippen LogP contribution in [-0.4, -0.2) is 85.4 Å². The van der Waals surface area contributed by atoms with E-state index in [0.717, 1.165) is 6.42 Å². The summed E-state index contributed by atoms with van der Waals surface area (Å²) in [5.74, 6) is 0.693. The molecule has 2 aromatic heterocycles. The summed E-state index contributed by atoms with van der Waals surface area (Å²) in [5.41, 5.74) is 6.16. The summed E-state index contributed by atoms with van der Waals surface area (Å²) in [7, 11) is -19.2. The maximum atomic E-state index is 13.5. The quantitative estimate of drug-likeness (QED) is 0.103. The molecule has 1 aliphatic rings. The summed E-state index contributed by atoms with van der Waals surface area (Å²) in [6.07, 6.45) is -4.59. The second-order valence-electron chi connectivity index (χ2n) is 7.53. The number of aliphatic hydroxyl groups is 2. The number of imidazole rings is 1. The first-order chi connectivity index (χ1) is 16.9. The number of phosphoric acid groups is 1. The van der Waals surface area contributed by atoms with Gasteiger partial charge in [-0.3, -0.25) is 18.2 Å². The molecule has 23 heteroatoms. The van der Waals surface area contributed by atoms with Crippen LogP contribution in [-0.2, 0) is 27.3 Å². The Morgan fingerprint density at radius 2 is 1.84 bits per heavy atom. The largest absolute Gasteiger partial charge is 0.479 e. The van der Waals surface area contributed by atoms with E-state index in [4.69, 9.17) is 20.3 Å². The molecule has 0 aliphatic carbocycles. The lowest BCUT2D eigenvalue weighted by atomic mass is 10.1. The summed E-state index contributed by atoms with van der Waals surface area (Å²) in [4.78, 5) is 48.3. The minimum Gasteiger partial charge on any atom is -0.387 e. The van der Waals surface area contributed by atoms with Crippen molar-refractivity contribution in [2.45, 2.75) is 48.4 Å². The molecular weight excluding hydrogens is 593 g/mol. The van der Waals surface area contributed by atoms with Gasteiger partial charge in [0.05, 0.1) is 12.9 Å². The minimum absolute atomic E-state index is 0.0224. The van der Waals surface area contributed by atoms with Gasteiger partial charge in [-0.2, -0.15) is 8.78 Å². The van der Waals surface area contributed by atoms with Crippen LogP contribution in [0, 0.1) is 0 Å².